The van der Waals surface area contributed by atoms with E-state index in [1.165, 1.54) is 68.2 Å². The fraction of sp³-hybridized carbons (Fsp3) is 0.0870. The predicted octanol–water partition coefficient (Wildman–Crippen LogP) is 12.5. The Morgan fingerprint density at radius 1 is 0.519 bits per heavy atom. The van der Waals surface area contributed by atoms with Crippen LogP contribution in [0.1, 0.15) is 35.2 Å². The first-order valence-corrected chi connectivity index (χ1v) is 19.4. The lowest BCUT2D eigenvalue weighted by Crippen LogP contribution is -2.54. The number of benzene rings is 7. The number of thiophene rings is 2. The third-order valence-electron chi connectivity index (χ3n) is 10.9. The van der Waals surface area contributed by atoms with Gasteiger partial charge in [-0.05, 0) is 71.3 Å². The SMILES string of the molecule is CN1C(c2ccccc2)NC(c2cccc3sc4ccccc4c23)NC1c1ccc2c(c1)oc1ccc(-c3cccc4c3sc3ccccc34)cc12. The standard InChI is InChI=1S/C46H33N3OS2/c1-49-45(27-11-3-2-4-12-27)47-44(35-17-10-20-41-42(35)34-14-6-8-19-40(34)51-41)48-46(49)29-21-23-31-36-25-28(22-24-37(36)50-38(31)26-29)30-15-9-16-33-32-13-5-7-18-39(32)52-43(30)33/h2-26,44-48H,1H3. The summed E-state index contributed by atoms with van der Waals surface area (Å²) in [6.45, 7) is 0. The first-order valence-electron chi connectivity index (χ1n) is 17.7. The molecule has 10 aromatic rings. The zero-order valence-corrected chi connectivity index (χ0v) is 30.0. The van der Waals surface area contributed by atoms with Gasteiger partial charge in [-0.3, -0.25) is 15.5 Å². The van der Waals surface area contributed by atoms with Crippen molar-refractivity contribution in [3.05, 3.63) is 168 Å². The molecule has 11 rings (SSSR count). The molecule has 1 saturated heterocycles. The summed E-state index contributed by atoms with van der Waals surface area (Å²) >= 11 is 3.73. The largest absolute Gasteiger partial charge is 0.456 e. The molecular formula is C46H33N3OS2. The highest BCUT2D eigenvalue weighted by molar-refractivity contribution is 7.26. The summed E-state index contributed by atoms with van der Waals surface area (Å²) in [6.07, 6.45) is -0.169. The maximum Gasteiger partial charge on any atom is 0.135 e. The lowest BCUT2D eigenvalue weighted by molar-refractivity contribution is 0.0420. The Morgan fingerprint density at radius 3 is 2.10 bits per heavy atom. The maximum atomic E-state index is 6.61. The minimum Gasteiger partial charge on any atom is -0.456 e. The van der Waals surface area contributed by atoms with Crippen LogP contribution in [-0.4, -0.2) is 11.9 Å². The van der Waals surface area contributed by atoms with Crippen molar-refractivity contribution in [2.45, 2.75) is 18.5 Å². The smallest absolute Gasteiger partial charge is 0.135 e. The van der Waals surface area contributed by atoms with Crippen molar-refractivity contribution >= 4 is 85.0 Å². The highest BCUT2D eigenvalue weighted by Crippen LogP contribution is 2.44. The number of nitrogens with one attached hydrogen (secondary N) is 2. The van der Waals surface area contributed by atoms with E-state index in [1.54, 1.807) is 0 Å². The third kappa shape index (κ3) is 4.69. The molecule has 3 unspecified atom stereocenters. The fourth-order valence-corrected chi connectivity index (χ4v) is 10.8. The minimum atomic E-state index is -0.0846. The van der Waals surface area contributed by atoms with E-state index in [0.717, 1.165) is 21.9 Å². The molecule has 52 heavy (non-hydrogen) atoms. The van der Waals surface area contributed by atoms with E-state index < -0.39 is 0 Å². The Bertz CT molecular complexity index is 2980. The van der Waals surface area contributed by atoms with Crippen LogP contribution in [0.3, 0.4) is 0 Å². The van der Waals surface area contributed by atoms with Crippen molar-refractivity contribution in [3.63, 3.8) is 0 Å². The van der Waals surface area contributed by atoms with Gasteiger partial charge in [-0.1, -0.05) is 115 Å². The number of hydrogen-bond acceptors (Lipinski definition) is 6. The molecule has 0 amide bonds. The summed E-state index contributed by atoms with van der Waals surface area (Å²) in [5.41, 5.74) is 7.94. The van der Waals surface area contributed by atoms with Gasteiger partial charge in [0.25, 0.3) is 0 Å². The first kappa shape index (κ1) is 30.3. The zero-order valence-electron chi connectivity index (χ0n) is 28.3. The molecule has 1 fully saturated rings. The lowest BCUT2D eigenvalue weighted by Gasteiger charge is -2.45. The van der Waals surface area contributed by atoms with Crippen molar-refractivity contribution < 1.29 is 4.42 Å². The molecule has 1 aliphatic rings. The summed E-state index contributed by atoms with van der Waals surface area (Å²) in [5, 5.41) is 15.5. The molecule has 4 heterocycles. The second kappa shape index (κ2) is 11.9. The summed E-state index contributed by atoms with van der Waals surface area (Å²) in [7, 11) is 2.20. The number of nitrogens with zero attached hydrogens (tertiary/aromatic N) is 1. The molecule has 7 aromatic carbocycles. The fourth-order valence-electron chi connectivity index (χ4n) is 8.37. The van der Waals surface area contributed by atoms with Gasteiger partial charge in [-0.2, -0.15) is 0 Å². The molecule has 0 saturated carbocycles. The molecule has 6 heteroatoms. The molecule has 3 aromatic heterocycles. The molecule has 0 radical (unpaired) electrons. The van der Waals surface area contributed by atoms with Crippen molar-refractivity contribution in [3.8, 4) is 11.1 Å². The van der Waals surface area contributed by atoms with Crippen molar-refractivity contribution in [2.24, 2.45) is 0 Å². The van der Waals surface area contributed by atoms with E-state index in [0.29, 0.717) is 0 Å². The normalized spacial score (nSPS) is 18.4. The zero-order chi connectivity index (χ0) is 34.3. The Kier molecular flexibility index (Phi) is 6.91. The lowest BCUT2D eigenvalue weighted by atomic mass is 9.98. The van der Waals surface area contributed by atoms with Crippen molar-refractivity contribution in [1.29, 1.82) is 0 Å². The van der Waals surface area contributed by atoms with Gasteiger partial charge < -0.3 is 4.42 Å². The molecule has 2 N–H and O–H groups in total. The summed E-state index contributed by atoms with van der Waals surface area (Å²) in [6, 6.07) is 55.0. The Balaban J connectivity index is 1.01. The molecule has 3 atom stereocenters. The molecular weight excluding hydrogens is 675 g/mol. The predicted molar refractivity (Wildman–Crippen MR) is 220 cm³/mol. The van der Waals surface area contributed by atoms with Crippen LogP contribution < -0.4 is 10.6 Å². The topological polar surface area (TPSA) is 40.4 Å². The van der Waals surface area contributed by atoms with Crippen LogP contribution in [0.2, 0.25) is 0 Å². The minimum absolute atomic E-state index is 0.0110. The average molecular weight is 708 g/mol. The average Bonchev–Trinajstić information content (AvgIpc) is 3.89. The Labute approximate surface area is 308 Å². The van der Waals surface area contributed by atoms with Gasteiger partial charge in [0.15, 0.2) is 0 Å². The molecule has 0 bridgehead atoms. The monoisotopic (exact) mass is 707 g/mol. The van der Waals surface area contributed by atoms with Gasteiger partial charge in [0, 0.05) is 51.1 Å². The van der Waals surface area contributed by atoms with Gasteiger partial charge in [-0.15, -0.1) is 22.7 Å². The van der Waals surface area contributed by atoms with Gasteiger partial charge in [-0.25, -0.2) is 0 Å². The van der Waals surface area contributed by atoms with Gasteiger partial charge >= 0.3 is 0 Å². The van der Waals surface area contributed by atoms with Crippen molar-refractivity contribution in [2.75, 3.05) is 7.05 Å². The van der Waals surface area contributed by atoms with Gasteiger partial charge in [0.05, 0.1) is 18.5 Å². The Morgan fingerprint density at radius 2 is 1.23 bits per heavy atom. The van der Waals surface area contributed by atoms with E-state index in [9.17, 15) is 0 Å². The second-order valence-electron chi connectivity index (χ2n) is 13.8. The quantitative estimate of drug-likeness (QED) is 0.191. The van der Waals surface area contributed by atoms with Crippen LogP contribution in [0.5, 0.6) is 0 Å². The van der Waals surface area contributed by atoms with Crippen LogP contribution in [0.4, 0.5) is 0 Å². The van der Waals surface area contributed by atoms with E-state index >= 15 is 0 Å². The first-order chi connectivity index (χ1) is 25.7. The highest BCUT2D eigenvalue weighted by Gasteiger charge is 2.36. The van der Waals surface area contributed by atoms with E-state index in [2.05, 4.69) is 174 Å². The number of rotatable bonds is 4. The number of fused-ring (bicyclic) bond motifs is 9. The van der Waals surface area contributed by atoms with E-state index in [-0.39, 0.29) is 18.5 Å². The Hall–Kier alpha value is -5.34. The molecule has 4 nitrogen and oxygen atoms in total. The highest BCUT2D eigenvalue weighted by atomic mass is 32.1. The van der Waals surface area contributed by atoms with Crippen LogP contribution in [0, 0.1) is 0 Å². The van der Waals surface area contributed by atoms with Crippen molar-refractivity contribution in [1.82, 2.24) is 15.5 Å². The van der Waals surface area contributed by atoms with Crippen LogP contribution in [-0.2, 0) is 0 Å². The molecule has 0 spiro atoms. The number of furan rings is 1. The maximum absolute atomic E-state index is 6.61. The van der Waals surface area contributed by atoms with Crippen LogP contribution >= 0.6 is 22.7 Å². The van der Waals surface area contributed by atoms with Crippen LogP contribution in [0.25, 0.3) is 73.4 Å². The molecule has 250 valence electrons. The van der Waals surface area contributed by atoms with E-state index in [4.69, 9.17) is 4.42 Å². The summed E-state index contributed by atoms with van der Waals surface area (Å²) < 4.78 is 11.9. The van der Waals surface area contributed by atoms with Gasteiger partial charge in [0.1, 0.15) is 11.2 Å². The summed E-state index contributed by atoms with van der Waals surface area (Å²) in [5.74, 6) is 0. The number of hydrogen-bond donors (Lipinski definition) is 2. The van der Waals surface area contributed by atoms with Crippen LogP contribution in [0.15, 0.2) is 156 Å². The second-order valence-corrected chi connectivity index (χ2v) is 16.0. The van der Waals surface area contributed by atoms with E-state index in [1.807, 2.05) is 22.7 Å². The molecule has 0 aliphatic carbocycles. The third-order valence-corrected chi connectivity index (χ3v) is 13.2. The molecule has 1 aliphatic heterocycles. The summed E-state index contributed by atoms with van der Waals surface area (Å²) in [4.78, 5) is 2.39. The van der Waals surface area contributed by atoms with Gasteiger partial charge in [0.2, 0.25) is 0 Å².